The predicted molar refractivity (Wildman–Crippen MR) is 134 cm³/mol. The molecule has 0 fully saturated rings. The van der Waals surface area contributed by atoms with Gasteiger partial charge in [-0.25, -0.2) is 15.0 Å². The smallest absolute Gasteiger partial charge is 0.164 e. The molecular formula is C28H17BrN4. The zero-order valence-corrected chi connectivity index (χ0v) is 19.1. The molecule has 33 heavy (non-hydrogen) atoms. The summed E-state index contributed by atoms with van der Waals surface area (Å²) in [7, 11) is 0. The highest BCUT2D eigenvalue weighted by Crippen LogP contribution is 2.27. The molecule has 0 aliphatic carbocycles. The van der Waals surface area contributed by atoms with E-state index in [0.717, 1.165) is 32.3 Å². The molecule has 156 valence electrons. The van der Waals surface area contributed by atoms with E-state index in [4.69, 9.17) is 20.2 Å². The van der Waals surface area contributed by atoms with Crippen LogP contribution >= 0.6 is 15.9 Å². The molecule has 4 aromatic carbocycles. The van der Waals surface area contributed by atoms with E-state index in [9.17, 15) is 0 Å². The lowest BCUT2D eigenvalue weighted by Crippen LogP contribution is -2.00. The second-order valence-corrected chi connectivity index (χ2v) is 8.36. The Morgan fingerprint density at radius 1 is 0.485 bits per heavy atom. The topological polar surface area (TPSA) is 62.5 Å². The van der Waals surface area contributed by atoms with Gasteiger partial charge < -0.3 is 0 Å². The molecule has 0 aliphatic heterocycles. The molecule has 5 rings (SSSR count). The van der Waals surface area contributed by atoms with E-state index in [1.165, 1.54) is 0 Å². The molecule has 0 amide bonds. The standard InChI is InChI=1S/C28H17BrN4/c29-25-16-14-21(15-17-25)20-10-12-24(13-11-20)28-32-26(22-4-2-1-3-5-22)31-27(33-28)23-8-6-19(18-30)7-9-23/h1-17H. The van der Waals surface area contributed by atoms with Crippen molar-refractivity contribution in [3.05, 3.63) is 113 Å². The van der Waals surface area contributed by atoms with Gasteiger partial charge in [-0.05, 0) is 47.5 Å². The van der Waals surface area contributed by atoms with Crippen LogP contribution in [0.2, 0.25) is 0 Å². The number of benzene rings is 4. The first-order valence-corrected chi connectivity index (χ1v) is 11.2. The van der Waals surface area contributed by atoms with Gasteiger partial charge in [-0.3, -0.25) is 0 Å². The fraction of sp³-hybridized carbons (Fsp3) is 0. The third-order valence-electron chi connectivity index (χ3n) is 5.26. The molecule has 5 aromatic rings. The van der Waals surface area contributed by atoms with Crippen LogP contribution in [0.25, 0.3) is 45.3 Å². The number of aromatic nitrogens is 3. The van der Waals surface area contributed by atoms with Crippen LogP contribution in [0.5, 0.6) is 0 Å². The lowest BCUT2D eigenvalue weighted by atomic mass is 10.0. The summed E-state index contributed by atoms with van der Waals surface area (Å²) < 4.78 is 1.05. The van der Waals surface area contributed by atoms with E-state index in [2.05, 4.69) is 46.3 Å². The number of halogens is 1. The Kier molecular flexibility index (Phi) is 5.75. The van der Waals surface area contributed by atoms with Crippen LogP contribution in [0.15, 0.2) is 108 Å². The van der Waals surface area contributed by atoms with Crippen LogP contribution in [0.1, 0.15) is 5.56 Å². The lowest BCUT2D eigenvalue weighted by molar-refractivity contribution is 1.07. The van der Waals surface area contributed by atoms with Crippen LogP contribution in [0.3, 0.4) is 0 Å². The maximum atomic E-state index is 9.11. The van der Waals surface area contributed by atoms with Crippen molar-refractivity contribution in [3.63, 3.8) is 0 Å². The van der Waals surface area contributed by atoms with Crippen LogP contribution in [0, 0.1) is 11.3 Å². The van der Waals surface area contributed by atoms with Gasteiger partial charge in [0.25, 0.3) is 0 Å². The van der Waals surface area contributed by atoms with Gasteiger partial charge in [-0.2, -0.15) is 5.26 Å². The molecule has 5 heteroatoms. The van der Waals surface area contributed by atoms with Crippen LogP contribution in [-0.2, 0) is 0 Å². The van der Waals surface area contributed by atoms with Crippen molar-refractivity contribution < 1.29 is 0 Å². The summed E-state index contributed by atoms with van der Waals surface area (Å²) in [5.41, 5.74) is 5.52. The van der Waals surface area contributed by atoms with E-state index in [0.29, 0.717) is 23.0 Å². The molecule has 0 saturated carbocycles. The van der Waals surface area contributed by atoms with Crippen molar-refractivity contribution in [2.75, 3.05) is 0 Å². The van der Waals surface area contributed by atoms with Crippen molar-refractivity contribution in [3.8, 4) is 51.4 Å². The summed E-state index contributed by atoms with van der Waals surface area (Å²) >= 11 is 3.48. The van der Waals surface area contributed by atoms with Crippen molar-refractivity contribution in [1.29, 1.82) is 5.26 Å². The molecule has 0 aliphatic rings. The molecule has 0 spiro atoms. The average molecular weight is 489 g/mol. The fourth-order valence-electron chi connectivity index (χ4n) is 3.50. The molecular weight excluding hydrogens is 472 g/mol. The van der Waals surface area contributed by atoms with Crippen molar-refractivity contribution in [1.82, 2.24) is 15.0 Å². The third-order valence-corrected chi connectivity index (χ3v) is 5.79. The largest absolute Gasteiger partial charge is 0.208 e. The highest BCUT2D eigenvalue weighted by molar-refractivity contribution is 9.10. The molecule has 0 N–H and O–H groups in total. The Hall–Kier alpha value is -4.14. The summed E-state index contributed by atoms with van der Waals surface area (Å²) in [5, 5.41) is 9.11. The van der Waals surface area contributed by atoms with Gasteiger partial charge >= 0.3 is 0 Å². The monoisotopic (exact) mass is 488 g/mol. The number of nitriles is 1. The molecule has 0 radical (unpaired) electrons. The average Bonchev–Trinajstić information content (AvgIpc) is 2.89. The SMILES string of the molecule is N#Cc1ccc(-c2nc(-c3ccccc3)nc(-c3ccc(-c4ccc(Br)cc4)cc3)n2)cc1. The van der Waals surface area contributed by atoms with Crippen molar-refractivity contribution in [2.45, 2.75) is 0 Å². The minimum absolute atomic E-state index is 0.570. The van der Waals surface area contributed by atoms with Gasteiger partial charge in [-0.15, -0.1) is 0 Å². The summed E-state index contributed by atoms with van der Waals surface area (Å²) in [6.07, 6.45) is 0. The first kappa shape index (κ1) is 20.7. The third kappa shape index (κ3) is 4.57. The maximum absolute atomic E-state index is 9.11. The van der Waals surface area contributed by atoms with E-state index < -0.39 is 0 Å². The lowest BCUT2D eigenvalue weighted by Gasteiger charge is -2.09. The minimum atomic E-state index is 0.570. The molecule has 1 heterocycles. The second kappa shape index (κ2) is 9.15. The fourth-order valence-corrected chi connectivity index (χ4v) is 3.76. The summed E-state index contributed by atoms with van der Waals surface area (Å²) in [6, 6.07) is 35.7. The summed E-state index contributed by atoms with van der Waals surface area (Å²) in [5.74, 6) is 1.78. The molecule has 1 aromatic heterocycles. The first-order chi connectivity index (χ1) is 16.2. The molecule has 0 bridgehead atoms. The second-order valence-electron chi connectivity index (χ2n) is 7.45. The van der Waals surface area contributed by atoms with Crippen LogP contribution < -0.4 is 0 Å². The quantitative estimate of drug-likeness (QED) is 0.268. The maximum Gasteiger partial charge on any atom is 0.164 e. The Labute approximate surface area is 200 Å². The van der Waals surface area contributed by atoms with Gasteiger partial charge in [0.1, 0.15) is 0 Å². The number of nitrogens with zero attached hydrogens (tertiary/aromatic N) is 4. The van der Waals surface area contributed by atoms with E-state index in [1.807, 2.05) is 66.7 Å². The van der Waals surface area contributed by atoms with Gasteiger partial charge in [0.05, 0.1) is 11.6 Å². The van der Waals surface area contributed by atoms with Gasteiger partial charge in [-0.1, -0.05) is 82.7 Å². The molecule has 0 atom stereocenters. The van der Waals surface area contributed by atoms with E-state index in [-0.39, 0.29) is 0 Å². The zero-order valence-electron chi connectivity index (χ0n) is 17.5. The van der Waals surface area contributed by atoms with Gasteiger partial charge in [0.15, 0.2) is 17.5 Å². The Bertz CT molecular complexity index is 1440. The van der Waals surface area contributed by atoms with Gasteiger partial charge in [0, 0.05) is 21.2 Å². The Morgan fingerprint density at radius 3 is 1.36 bits per heavy atom. The highest BCUT2D eigenvalue weighted by atomic mass is 79.9. The van der Waals surface area contributed by atoms with Crippen molar-refractivity contribution in [2.24, 2.45) is 0 Å². The van der Waals surface area contributed by atoms with E-state index >= 15 is 0 Å². The number of hydrogen-bond acceptors (Lipinski definition) is 4. The first-order valence-electron chi connectivity index (χ1n) is 10.4. The number of hydrogen-bond donors (Lipinski definition) is 0. The minimum Gasteiger partial charge on any atom is -0.208 e. The molecule has 0 saturated heterocycles. The summed E-state index contributed by atoms with van der Waals surface area (Å²) in [6.45, 7) is 0. The van der Waals surface area contributed by atoms with Crippen LogP contribution in [0.4, 0.5) is 0 Å². The Morgan fingerprint density at radius 2 is 0.879 bits per heavy atom. The highest BCUT2D eigenvalue weighted by Gasteiger charge is 2.12. The zero-order chi connectivity index (χ0) is 22.6. The van der Waals surface area contributed by atoms with Gasteiger partial charge in [0.2, 0.25) is 0 Å². The molecule has 0 unspecified atom stereocenters. The number of rotatable bonds is 4. The van der Waals surface area contributed by atoms with E-state index in [1.54, 1.807) is 12.1 Å². The molecule has 4 nitrogen and oxygen atoms in total. The predicted octanol–water partition coefficient (Wildman–Crippen LogP) is 7.17. The summed E-state index contributed by atoms with van der Waals surface area (Å²) in [4.78, 5) is 14.2. The van der Waals surface area contributed by atoms with Crippen molar-refractivity contribution >= 4 is 15.9 Å². The Balaban J connectivity index is 1.58. The normalized spacial score (nSPS) is 10.5. The van der Waals surface area contributed by atoms with Crippen LogP contribution in [-0.4, -0.2) is 15.0 Å².